The topological polar surface area (TPSA) is 64.6 Å². The van der Waals surface area contributed by atoms with Crippen molar-refractivity contribution in [3.63, 3.8) is 0 Å². The molecule has 0 saturated carbocycles. The zero-order chi connectivity index (χ0) is 21.6. The quantitative estimate of drug-likeness (QED) is 0.197. The van der Waals surface area contributed by atoms with Crippen LogP contribution in [0, 0.1) is 41.4 Å². The van der Waals surface area contributed by atoms with Crippen molar-refractivity contribution in [1.82, 2.24) is 5.32 Å². The summed E-state index contributed by atoms with van der Waals surface area (Å²) >= 11 is 0. The summed E-state index contributed by atoms with van der Waals surface area (Å²) in [6.07, 6.45) is 3.55. The number of esters is 1. The molecule has 0 aliphatic heterocycles. The summed E-state index contributed by atoms with van der Waals surface area (Å²) in [5, 5.41) is 2.06. The molecule has 2 aromatic carbocycles. The maximum Gasteiger partial charge on any atom is 0.408 e. The molecule has 0 aromatic heterocycles. The van der Waals surface area contributed by atoms with Gasteiger partial charge in [0.05, 0.1) is 0 Å². The first kappa shape index (κ1) is 21.7. The molecule has 1 atom stereocenters. The van der Waals surface area contributed by atoms with Crippen molar-refractivity contribution in [2.24, 2.45) is 0 Å². The van der Waals surface area contributed by atoms with Gasteiger partial charge in [0.2, 0.25) is 34.8 Å². The Morgan fingerprint density at radius 1 is 0.966 bits per heavy atom. The van der Waals surface area contributed by atoms with Gasteiger partial charge in [0.15, 0.2) is 6.61 Å². The molecular weight excluding hydrogens is 401 g/mol. The lowest BCUT2D eigenvalue weighted by atomic mass is 10.1. The van der Waals surface area contributed by atoms with E-state index in [4.69, 9.17) is 6.42 Å². The van der Waals surface area contributed by atoms with Crippen LogP contribution in [0.2, 0.25) is 0 Å². The predicted octanol–water partition coefficient (Wildman–Crippen LogP) is 3.26. The third-order valence-corrected chi connectivity index (χ3v) is 3.52. The third kappa shape index (κ3) is 5.22. The van der Waals surface area contributed by atoms with Crippen LogP contribution in [0.3, 0.4) is 0 Å². The lowest BCUT2D eigenvalue weighted by Crippen LogP contribution is -2.45. The van der Waals surface area contributed by atoms with Crippen LogP contribution in [0.1, 0.15) is 5.56 Å². The van der Waals surface area contributed by atoms with Crippen molar-refractivity contribution in [3.8, 4) is 18.1 Å². The molecule has 0 unspecified atom stereocenters. The highest BCUT2D eigenvalue weighted by molar-refractivity contribution is 5.83. The summed E-state index contributed by atoms with van der Waals surface area (Å²) in [7, 11) is 0. The van der Waals surface area contributed by atoms with E-state index in [0.29, 0.717) is 5.56 Å². The van der Waals surface area contributed by atoms with Gasteiger partial charge >= 0.3 is 12.1 Å². The van der Waals surface area contributed by atoms with Crippen molar-refractivity contribution >= 4 is 12.1 Å². The van der Waals surface area contributed by atoms with Crippen LogP contribution < -0.4 is 10.1 Å². The Labute approximate surface area is 161 Å². The number of amides is 1. The number of benzene rings is 2. The van der Waals surface area contributed by atoms with E-state index >= 15 is 0 Å². The molecule has 0 radical (unpaired) electrons. The number of alkyl carbamates (subject to hydrolysis) is 1. The Kier molecular flexibility index (Phi) is 7.14. The van der Waals surface area contributed by atoms with Gasteiger partial charge in [-0.3, -0.25) is 0 Å². The lowest BCUT2D eigenvalue weighted by molar-refractivity contribution is -0.137. The van der Waals surface area contributed by atoms with Crippen molar-refractivity contribution < 1.29 is 41.0 Å². The number of rotatable bonds is 6. The van der Waals surface area contributed by atoms with Crippen LogP contribution in [0.25, 0.3) is 0 Å². The molecule has 1 N–H and O–H groups in total. The summed E-state index contributed by atoms with van der Waals surface area (Å²) in [5.41, 5.74) is 0.490. The molecular formula is C19H12F5NO4. The number of carbonyl (C=O) groups is 2. The van der Waals surface area contributed by atoms with E-state index in [9.17, 15) is 31.5 Å². The minimum atomic E-state index is -2.41. The summed E-state index contributed by atoms with van der Waals surface area (Å²) in [6, 6.07) is 6.43. The lowest BCUT2D eigenvalue weighted by Gasteiger charge is -2.18. The van der Waals surface area contributed by atoms with E-state index in [1.807, 2.05) is 5.92 Å². The first-order valence-electron chi connectivity index (χ1n) is 7.90. The number of hydrogen-bond acceptors (Lipinski definition) is 4. The van der Waals surface area contributed by atoms with E-state index in [-0.39, 0.29) is 6.42 Å². The van der Waals surface area contributed by atoms with Gasteiger partial charge in [0.1, 0.15) is 6.04 Å². The average molecular weight is 413 g/mol. The monoisotopic (exact) mass is 413 g/mol. The van der Waals surface area contributed by atoms with Crippen LogP contribution >= 0.6 is 0 Å². The van der Waals surface area contributed by atoms with Crippen LogP contribution in [0.5, 0.6) is 5.75 Å². The fourth-order valence-electron chi connectivity index (χ4n) is 2.18. The number of terminal acetylenes is 1. The number of nitrogens with one attached hydrogen (secondary N) is 1. The van der Waals surface area contributed by atoms with E-state index in [1.165, 1.54) is 0 Å². The zero-order valence-electron chi connectivity index (χ0n) is 14.5. The molecule has 0 heterocycles. The van der Waals surface area contributed by atoms with Gasteiger partial charge in [-0.15, -0.1) is 6.42 Å². The van der Waals surface area contributed by atoms with E-state index < -0.39 is 59.5 Å². The molecule has 0 aliphatic carbocycles. The van der Waals surface area contributed by atoms with Crippen LogP contribution in [-0.4, -0.2) is 24.7 Å². The number of halogens is 5. The van der Waals surface area contributed by atoms with Gasteiger partial charge in [0.25, 0.3) is 0 Å². The second kappa shape index (κ2) is 9.54. The predicted molar refractivity (Wildman–Crippen MR) is 89.1 cm³/mol. The fourth-order valence-corrected chi connectivity index (χ4v) is 2.18. The zero-order valence-corrected chi connectivity index (χ0v) is 14.5. The molecule has 10 heteroatoms. The molecule has 0 bridgehead atoms. The molecule has 5 nitrogen and oxygen atoms in total. The average Bonchev–Trinajstić information content (AvgIpc) is 2.72. The third-order valence-electron chi connectivity index (χ3n) is 3.52. The van der Waals surface area contributed by atoms with Gasteiger partial charge in [0, 0.05) is 6.42 Å². The second-order valence-corrected chi connectivity index (χ2v) is 5.49. The molecule has 0 spiro atoms. The number of ether oxygens (including phenoxy) is 2. The fraction of sp³-hybridized carbons (Fsp3) is 0.158. The Balaban J connectivity index is 2.30. The van der Waals surface area contributed by atoms with Crippen molar-refractivity contribution in [1.29, 1.82) is 0 Å². The Morgan fingerprint density at radius 2 is 1.52 bits per heavy atom. The minimum absolute atomic E-state index is 0.236. The van der Waals surface area contributed by atoms with Crippen molar-refractivity contribution in [2.75, 3.05) is 6.61 Å². The molecule has 29 heavy (non-hydrogen) atoms. The van der Waals surface area contributed by atoms with E-state index in [2.05, 4.69) is 14.8 Å². The smallest absolute Gasteiger partial charge is 0.408 e. The highest BCUT2D eigenvalue weighted by atomic mass is 19.2. The summed E-state index contributed by atoms with van der Waals surface area (Å²) in [5.74, 6) is -12.9. The number of carbonyl (C=O) groups excluding carboxylic acids is 2. The van der Waals surface area contributed by atoms with Gasteiger partial charge in [-0.05, 0) is 5.56 Å². The molecule has 0 aliphatic rings. The molecule has 1 amide bonds. The Hall–Kier alpha value is -3.61. The van der Waals surface area contributed by atoms with Gasteiger partial charge in [-0.1, -0.05) is 36.3 Å². The van der Waals surface area contributed by atoms with Crippen LogP contribution in [0.4, 0.5) is 26.7 Å². The van der Waals surface area contributed by atoms with Gasteiger partial charge in [-0.25, -0.2) is 22.8 Å². The van der Waals surface area contributed by atoms with Crippen molar-refractivity contribution in [2.45, 2.75) is 12.5 Å². The SMILES string of the molecule is C#CCOC(=O)N[C@@H](Cc1ccccc1)C(=O)Oc1c(F)c(F)c(F)c(F)c1F. The first-order chi connectivity index (χ1) is 13.8. The van der Waals surface area contributed by atoms with Gasteiger partial charge in [-0.2, -0.15) is 8.78 Å². The highest BCUT2D eigenvalue weighted by Gasteiger charge is 2.31. The normalized spacial score (nSPS) is 11.3. The maximum absolute atomic E-state index is 13.7. The summed E-state index contributed by atoms with van der Waals surface area (Å²) in [6.45, 7) is -0.434. The van der Waals surface area contributed by atoms with Gasteiger partial charge < -0.3 is 14.8 Å². The standard InChI is InChI=1S/C19H12F5NO4/c1-2-8-28-19(27)25-11(9-10-6-4-3-5-7-10)18(26)29-17-15(23)13(21)12(20)14(22)16(17)24/h1,3-7,11H,8-9H2,(H,25,27)/t11-/m0/s1. The summed E-state index contributed by atoms with van der Waals surface area (Å²) < 4.78 is 76.1. The Morgan fingerprint density at radius 3 is 2.07 bits per heavy atom. The van der Waals surface area contributed by atoms with Crippen molar-refractivity contribution in [3.05, 3.63) is 65.0 Å². The molecule has 152 valence electrons. The first-order valence-corrected chi connectivity index (χ1v) is 7.90. The summed E-state index contributed by atoms with van der Waals surface area (Å²) in [4.78, 5) is 24.0. The Bertz CT molecular complexity index is 930. The van der Waals surface area contributed by atoms with Crippen LogP contribution in [0.15, 0.2) is 30.3 Å². The van der Waals surface area contributed by atoms with Crippen LogP contribution in [-0.2, 0) is 16.0 Å². The molecule has 0 saturated heterocycles. The molecule has 0 fully saturated rings. The second-order valence-electron chi connectivity index (χ2n) is 5.49. The number of hydrogen-bond donors (Lipinski definition) is 1. The largest absolute Gasteiger partial charge is 0.436 e. The minimum Gasteiger partial charge on any atom is -0.436 e. The van der Waals surface area contributed by atoms with E-state index in [0.717, 1.165) is 0 Å². The maximum atomic E-state index is 13.7. The van der Waals surface area contributed by atoms with E-state index in [1.54, 1.807) is 30.3 Å². The highest BCUT2D eigenvalue weighted by Crippen LogP contribution is 2.29. The molecule has 2 aromatic rings. The molecule has 2 rings (SSSR count).